The molecule has 0 aliphatic heterocycles. The van der Waals surface area contributed by atoms with E-state index in [1.54, 1.807) is 22.9 Å². The molecule has 2 fully saturated rings. The van der Waals surface area contributed by atoms with E-state index in [0.717, 1.165) is 25.7 Å². The van der Waals surface area contributed by atoms with Crippen LogP contribution in [0.15, 0.2) is 22.1 Å². The zero-order chi connectivity index (χ0) is 18.5. The molecule has 2 aliphatic rings. The Bertz CT molecular complexity index is 1230. The Morgan fingerprint density at radius 2 is 2.15 bits per heavy atom. The number of nitrogens with one attached hydrogen (secondary N) is 3. The molecule has 2 saturated carbocycles. The highest BCUT2D eigenvalue weighted by Gasteiger charge is 2.30. The molecule has 0 aromatic carbocycles. The van der Waals surface area contributed by atoms with Gasteiger partial charge in [0, 0.05) is 17.2 Å². The van der Waals surface area contributed by atoms with Gasteiger partial charge in [0.1, 0.15) is 11.5 Å². The second-order valence-electron chi connectivity index (χ2n) is 6.94. The van der Waals surface area contributed by atoms with E-state index in [0.29, 0.717) is 22.2 Å². The van der Waals surface area contributed by atoms with Gasteiger partial charge < -0.3 is 15.4 Å². The number of imidazole rings is 1. The maximum atomic E-state index is 12.1. The largest absolute Gasteiger partial charge is 0.493 e. The van der Waals surface area contributed by atoms with Gasteiger partial charge in [-0.2, -0.15) is 9.61 Å². The molecule has 27 heavy (non-hydrogen) atoms. The first-order valence-corrected chi connectivity index (χ1v) is 8.83. The molecule has 0 radical (unpaired) electrons. The standard InChI is InChI=1S/C17H17N7O3/c25-15(8-1-2-8)22-12-6-13(19-10-3-4-10)24-14(21-12)9(7-18-24)5-11-16(26)23-17(27)20-11/h5-8,10,26H,1-4H2,(H,22,25)(H2,20,23,27)/b9-5+,19-13?. The van der Waals surface area contributed by atoms with Crippen molar-refractivity contribution in [3.8, 4) is 5.88 Å². The third-order valence-corrected chi connectivity index (χ3v) is 4.58. The van der Waals surface area contributed by atoms with Crippen molar-refractivity contribution < 1.29 is 9.90 Å². The lowest BCUT2D eigenvalue weighted by atomic mass is 10.3. The van der Waals surface area contributed by atoms with E-state index in [-0.39, 0.29) is 29.4 Å². The predicted octanol–water partition coefficient (Wildman–Crippen LogP) is -0.589. The molecule has 4 N–H and O–H groups in total. The van der Waals surface area contributed by atoms with Gasteiger partial charge in [-0.05, 0) is 31.8 Å². The van der Waals surface area contributed by atoms with E-state index in [9.17, 15) is 14.7 Å². The van der Waals surface area contributed by atoms with Crippen molar-refractivity contribution in [3.05, 3.63) is 39.1 Å². The lowest BCUT2D eigenvalue weighted by Gasteiger charge is -2.04. The Morgan fingerprint density at radius 1 is 1.33 bits per heavy atom. The summed E-state index contributed by atoms with van der Waals surface area (Å²) in [6.07, 6.45) is 7.01. The van der Waals surface area contributed by atoms with Crippen molar-refractivity contribution in [3.63, 3.8) is 0 Å². The zero-order valence-electron chi connectivity index (χ0n) is 14.3. The number of carbonyl (C=O) groups excluding carboxylic acids is 1. The summed E-state index contributed by atoms with van der Waals surface area (Å²) in [5.74, 6) is 0.174. The van der Waals surface area contributed by atoms with Gasteiger partial charge in [0.15, 0.2) is 11.1 Å². The van der Waals surface area contributed by atoms with Crippen molar-refractivity contribution in [1.29, 1.82) is 0 Å². The maximum Gasteiger partial charge on any atom is 0.326 e. The number of amides is 1. The second-order valence-corrected chi connectivity index (χ2v) is 6.94. The number of H-pyrrole nitrogens is 2. The fourth-order valence-electron chi connectivity index (χ4n) is 2.83. The lowest BCUT2D eigenvalue weighted by molar-refractivity contribution is -0.117. The van der Waals surface area contributed by atoms with Crippen LogP contribution in [0, 0.1) is 5.92 Å². The van der Waals surface area contributed by atoms with Gasteiger partial charge in [0.2, 0.25) is 11.8 Å². The van der Waals surface area contributed by atoms with Crippen LogP contribution < -0.4 is 21.7 Å². The number of nitrogens with zero attached hydrogens (tertiary/aromatic N) is 4. The van der Waals surface area contributed by atoms with Gasteiger partial charge in [-0.3, -0.25) is 14.8 Å². The SMILES string of the molecule is O=C(Nc1cc(=NC2CC2)n2nc/c(=C\c3[nH]c(=O)[nH]c3O)c2n1)C1CC1. The molecule has 5 rings (SSSR count). The topological polar surface area (TPSA) is 141 Å². The third kappa shape index (κ3) is 3.09. The summed E-state index contributed by atoms with van der Waals surface area (Å²) in [4.78, 5) is 37.4. The number of carbonyl (C=O) groups is 1. The first kappa shape index (κ1) is 15.8. The molecule has 2 aliphatic carbocycles. The van der Waals surface area contributed by atoms with Gasteiger partial charge in [-0.25, -0.2) is 9.78 Å². The summed E-state index contributed by atoms with van der Waals surface area (Å²) in [6.45, 7) is 0. The van der Waals surface area contributed by atoms with E-state index in [4.69, 9.17) is 0 Å². The number of aromatic amines is 2. The molecule has 3 aromatic heterocycles. The Balaban J connectivity index is 1.67. The number of aromatic nitrogens is 5. The average molecular weight is 367 g/mol. The second kappa shape index (κ2) is 5.79. The minimum absolute atomic E-state index is 0.0399. The first-order valence-electron chi connectivity index (χ1n) is 8.83. The molecular weight excluding hydrogens is 350 g/mol. The van der Waals surface area contributed by atoms with Crippen LogP contribution in [0.1, 0.15) is 31.4 Å². The van der Waals surface area contributed by atoms with Gasteiger partial charge in [0.25, 0.3) is 0 Å². The molecule has 3 heterocycles. The monoisotopic (exact) mass is 367 g/mol. The molecule has 138 valence electrons. The van der Waals surface area contributed by atoms with Crippen LogP contribution in [-0.2, 0) is 4.79 Å². The van der Waals surface area contributed by atoms with E-state index < -0.39 is 5.69 Å². The molecule has 0 bridgehead atoms. The summed E-state index contributed by atoms with van der Waals surface area (Å²) in [5, 5.41) is 17.5. The highest BCUT2D eigenvalue weighted by atomic mass is 16.3. The predicted molar refractivity (Wildman–Crippen MR) is 94.8 cm³/mol. The summed E-state index contributed by atoms with van der Waals surface area (Å²) in [5.41, 5.74) is 0.805. The molecule has 3 aromatic rings. The van der Waals surface area contributed by atoms with Gasteiger partial charge in [0.05, 0.1) is 12.2 Å². The maximum absolute atomic E-state index is 12.1. The van der Waals surface area contributed by atoms with Crippen LogP contribution >= 0.6 is 0 Å². The number of rotatable bonds is 4. The fraction of sp³-hybridized carbons (Fsp3) is 0.353. The minimum atomic E-state index is -0.509. The van der Waals surface area contributed by atoms with Crippen molar-refractivity contribution >= 4 is 23.4 Å². The quantitative estimate of drug-likeness (QED) is 0.488. The Hall–Kier alpha value is -3.43. The smallest absolute Gasteiger partial charge is 0.326 e. The van der Waals surface area contributed by atoms with Crippen LogP contribution in [-0.4, -0.2) is 41.6 Å². The molecule has 0 unspecified atom stereocenters. The van der Waals surface area contributed by atoms with Crippen LogP contribution in [0.3, 0.4) is 0 Å². The van der Waals surface area contributed by atoms with E-state index >= 15 is 0 Å². The van der Waals surface area contributed by atoms with E-state index in [1.165, 1.54) is 0 Å². The van der Waals surface area contributed by atoms with E-state index in [1.807, 2.05) is 0 Å². The molecule has 10 nitrogen and oxygen atoms in total. The van der Waals surface area contributed by atoms with Crippen molar-refractivity contribution in [2.45, 2.75) is 31.7 Å². The van der Waals surface area contributed by atoms with Crippen LogP contribution in [0.5, 0.6) is 5.88 Å². The Morgan fingerprint density at radius 3 is 2.81 bits per heavy atom. The summed E-state index contributed by atoms with van der Waals surface area (Å²) < 4.78 is 1.60. The number of hydrogen-bond acceptors (Lipinski definition) is 6. The summed E-state index contributed by atoms with van der Waals surface area (Å²) >= 11 is 0. The Kier molecular flexibility index (Phi) is 3.39. The highest BCUT2D eigenvalue weighted by Crippen LogP contribution is 2.29. The summed E-state index contributed by atoms with van der Waals surface area (Å²) in [6, 6.07) is 1.99. The lowest BCUT2D eigenvalue weighted by Crippen LogP contribution is -2.22. The van der Waals surface area contributed by atoms with Crippen molar-refractivity contribution in [1.82, 2.24) is 24.6 Å². The van der Waals surface area contributed by atoms with Gasteiger partial charge in [-0.1, -0.05) is 0 Å². The fourth-order valence-corrected chi connectivity index (χ4v) is 2.83. The highest BCUT2D eigenvalue weighted by molar-refractivity contribution is 5.93. The number of anilines is 1. The average Bonchev–Trinajstić information content (AvgIpc) is 3.53. The van der Waals surface area contributed by atoms with Crippen LogP contribution in [0.25, 0.3) is 11.7 Å². The molecule has 0 saturated heterocycles. The van der Waals surface area contributed by atoms with E-state index in [2.05, 4.69) is 30.4 Å². The zero-order valence-corrected chi connectivity index (χ0v) is 14.3. The minimum Gasteiger partial charge on any atom is -0.493 e. The molecule has 0 spiro atoms. The first-order chi connectivity index (χ1) is 13.1. The van der Waals surface area contributed by atoms with Crippen molar-refractivity contribution in [2.24, 2.45) is 10.9 Å². The van der Waals surface area contributed by atoms with Gasteiger partial charge >= 0.3 is 5.69 Å². The molecule has 10 heteroatoms. The molecule has 1 amide bonds. The number of hydrogen-bond donors (Lipinski definition) is 4. The molecular formula is C17H17N7O3. The van der Waals surface area contributed by atoms with Crippen LogP contribution in [0.4, 0.5) is 5.82 Å². The molecule has 0 atom stereocenters. The van der Waals surface area contributed by atoms with Crippen molar-refractivity contribution in [2.75, 3.05) is 5.32 Å². The summed E-state index contributed by atoms with van der Waals surface area (Å²) in [7, 11) is 0. The Labute approximate surface area is 151 Å². The normalized spacial score (nSPS) is 18.4. The number of fused-ring (bicyclic) bond motifs is 1. The third-order valence-electron chi connectivity index (χ3n) is 4.58. The van der Waals surface area contributed by atoms with Crippen LogP contribution in [0.2, 0.25) is 0 Å². The van der Waals surface area contributed by atoms with Gasteiger partial charge in [-0.15, -0.1) is 0 Å². The number of aromatic hydroxyl groups is 1.